The third-order valence-corrected chi connectivity index (χ3v) is 8.83. The van der Waals surface area contributed by atoms with Gasteiger partial charge >= 0.3 is 5.97 Å². The number of hydrogen-bond acceptors (Lipinski definition) is 3. The van der Waals surface area contributed by atoms with Crippen molar-refractivity contribution in [2.45, 2.75) is 146 Å². The van der Waals surface area contributed by atoms with Gasteiger partial charge in [0.05, 0.1) is 5.92 Å². The summed E-state index contributed by atoms with van der Waals surface area (Å²) in [6.45, 7) is 0. The Labute approximate surface area is 192 Å². The molecule has 0 N–H and O–H groups in total. The molecule has 3 rings (SSSR count). The van der Waals surface area contributed by atoms with Crippen LogP contribution in [0.1, 0.15) is 135 Å². The van der Waals surface area contributed by atoms with Crippen molar-refractivity contribution in [1.29, 1.82) is 0 Å². The average Bonchev–Trinajstić information content (AvgIpc) is 2.69. The number of carbonyl (C=O) groups excluding carboxylic acids is 1. The first kappa shape index (κ1) is 24.5. The van der Waals surface area contributed by atoms with Crippen LogP contribution < -0.4 is 0 Å². The van der Waals surface area contributed by atoms with Crippen LogP contribution in [0.5, 0.6) is 0 Å². The summed E-state index contributed by atoms with van der Waals surface area (Å²) in [5.41, 5.74) is 0. The minimum absolute atomic E-state index is 0.119. The Morgan fingerprint density at radius 3 is 1.67 bits per heavy atom. The maximum absolute atomic E-state index is 13.0. The van der Waals surface area contributed by atoms with Gasteiger partial charge < -0.3 is 4.74 Å². The molecular weight excluding hydrogens is 388 g/mol. The second-order valence-electron chi connectivity index (χ2n) is 10.7. The topological polar surface area (TPSA) is 26.3 Å². The molecule has 2 nitrogen and oxygen atoms in total. The highest BCUT2D eigenvalue weighted by Gasteiger charge is 2.27. The van der Waals surface area contributed by atoms with Crippen LogP contribution in [-0.2, 0) is 9.53 Å². The fourth-order valence-electron chi connectivity index (χ4n) is 6.38. The van der Waals surface area contributed by atoms with Gasteiger partial charge in [-0.1, -0.05) is 83.5 Å². The predicted octanol–water partition coefficient (Wildman–Crippen LogP) is 8.28. The van der Waals surface area contributed by atoms with Crippen molar-refractivity contribution in [2.75, 3.05) is 0 Å². The van der Waals surface area contributed by atoms with Crippen molar-refractivity contribution < 1.29 is 9.53 Å². The van der Waals surface area contributed by atoms with E-state index in [1.807, 2.05) is 0 Å². The van der Waals surface area contributed by atoms with E-state index in [4.69, 9.17) is 17.4 Å². The average molecular weight is 437 g/mol. The van der Waals surface area contributed by atoms with E-state index in [-0.39, 0.29) is 18.0 Å². The van der Waals surface area contributed by atoms with Gasteiger partial charge in [-0.25, -0.2) is 0 Å². The molecule has 30 heavy (non-hydrogen) atoms. The Morgan fingerprint density at radius 2 is 0.967 bits per heavy atom. The summed E-state index contributed by atoms with van der Waals surface area (Å²) in [6, 6.07) is 0. The smallest absolute Gasteiger partial charge is 0.309 e. The number of thiol groups is 1. The molecule has 3 fully saturated rings. The van der Waals surface area contributed by atoms with Crippen molar-refractivity contribution >= 4 is 18.6 Å². The summed E-state index contributed by atoms with van der Waals surface area (Å²) in [5, 5.41) is 0.524. The molecule has 0 aromatic rings. The van der Waals surface area contributed by atoms with Crippen LogP contribution in [0, 0.1) is 17.8 Å². The highest BCUT2D eigenvalue weighted by atomic mass is 32.1. The van der Waals surface area contributed by atoms with Crippen LogP contribution in [0.25, 0.3) is 0 Å². The van der Waals surface area contributed by atoms with Crippen molar-refractivity contribution in [1.82, 2.24) is 0 Å². The zero-order chi connectivity index (χ0) is 21.0. The molecule has 0 aromatic heterocycles. The lowest BCUT2D eigenvalue weighted by molar-refractivity contribution is -0.155. The summed E-state index contributed by atoms with van der Waals surface area (Å²) >= 11 is 4.71. The van der Waals surface area contributed by atoms with Crippen LogP contribution in [-0.4, -0.2) is 17.3 Å². The first-order valence-corrected chi connectivity index (χ1v) is 14.1. The lowest BCUT2D eigenvalue weighted by atomic mass is 9.76. The van der Waals surface area contributed by atoms with Gasteiger partial charge in [-0.2, -0.15) is 12.6 Å². The van der Waals surface area contributed by atoms with E-state index in [1.54, 1.807) is 0 Å². The van der Waals surface area contributed by atoms with Crippen LogP contribution in [0.2, 0.25) is 0 Å². The number of esters is 1. The van der Waals surface area contributed by atoms with Gasteiger partial charge in [-0.05, 0) is 63.2 Å². The molecule has 3 aliphatic carbocycles. The molecule has 174 valence electrons. The van der Waals surface area contributed by atoms with E-state index in [0.29, 0.717) is 5.25 Å². The molecular formula is C27H48O2S. The van der Waals surface area contributed by atoms with Gasteiger partial charge in [-0.3, -0.25) is 4.79 Å². The first-order valence-electron chi connectivity index (χ1n) is 13.6. The molecule has 0 aliphatic heterocycles. The Balaban J connectivity index is 1.42. The maximum atomic E-state index is 13.0. The zero-order valence-corrected chi connectivity index (χ0v) is 20.4. The van der Waals surface area contributed by atoms with Gasteiger partial charge in [0.2, 0.25) is 0 Å². The van der Waals surface area contributed by atoms with Gasteiger partial charge in [0.1, 0.15) is 6.10 Å². The van der Waals surface area contributed by atoms with Crippen LogP contribution in [0.3, 0.4) is 0 Å². The lowest BCUT2D eigenvalue weighted by Gasteiger charge is -2.32. The van der Waals surface area contributed by atoms with Gasteiger partial charge in [0.25, 0.3) is 0 Å². The number of hydrogen-bond donors (Lipinski definition) is 1. The normalized spacial score (nSPS) is 34.0. The highest BCUT2D eigenvalue weighted by molar-refractivity contribution is 7.80. The molecule has 0 radical (unpaired) electrons. The minimum Gasteiger partial charge on any atom is -0.462 e. The van der Waals surface area contributed by atoms with Crippen molar-refractivity contribution in [3.63, 3.8) is 0 Å². The van der Waals surface area contributed by atoms with Gasteiger partial charge in [0, 0.05) is 5.25 Å². The second-order valence-corrected chi connectivity index (χ2v) is 11.4. The standard InChI is InChI=1S/C27H48O2S/c28-27(24-14-7-4-8-20-26(30)21-11-17-24)29-25-18-9-15-23(16-10-19-25)22-12-5-2-1-3-6-13-22/h22-26,30H,1-21H2. The Bertz CT molecular complexity index is 461. The SMILES string of the molecule is O=C(OC1CCCC(C2CCCCCCC2)CCC1)C1CCCCCC(S)CCC1. The van der Waals surface area contributed by atoms with Crippen LogP contribution in [0.4, 0.5) is 0 Å². The van der Waals surface area contributed by atoms with E-state index in [2.05, 4.69) is 0 Å². The quantitative estimate of drug-likeness (QED) is 0.356. The molecule has 3 heteroatoms. The van der Waals surface area contributed by atoms with Gasteiger partial charge in [0.15, 0.2) is 0 Å². The molecule has 0 saturated heterocycles. The Hall–Kier alpha value is -0.180. The number of carbonyl (C=O) groups is 1. The zero-order valence-electron chi connectivity index (χ0n) is 19.5. The maximum Gasteiger partial charge on any atom is 0.309 e. The fraction of sp³-hybridized carbons (Fsp3) is 0.963. The van der Waals surface area contributed by atoms with E-state index >= 15 is 0 Å². The lowest BCUT2D eigenvalue weighted by Crippen LogP contribution is -2.27. The molecule has 3 saturated carbocycles. The van der Waals surface area contributed by atoms with Crippen LogP contribution in [0.15, 0.2) is 0 Å². The Kier molecular flexibility index (Phi) is 11.5. The monoisotopic (exact) mass is 436 g/mol. The summed E-state index contributed by atoms with van der Waals surface area (Å²) in [7, 11) is 0. The van der Waals surface area contributed by atoms with Crippen molar-refractivity contribution in [3.05, 3.63) is 0 Å². The van der Waals surface area contributed by atoms with Gasteiger partial charge in [-0.15, -0.1) is 0 Å². The molecule has 2 atom stereocenters. The Morgan fingerprint density at radius 1 is 0.533 bits per heavy atom. The summed E-state index contributed by atoms with van der Waals surface area (Å²) in [6.07, 6.45) is 27.1. The number of ether oxygens (including phenoxy) is 1. The highest BCUT2D eigenvalue weighted by Crippen LogP contribution is 2.36. The largest absolute Gasteiger partial charge is 0.462 e. The molecule has 0 heterocycles. The second kappa shape index (κ2) is 14.1. The minimum atomic E-state index is 0.119. The molecule has 0 aromatic carbocycles. The van der Waals surface area contributed by atoms with Crippen LogP contribution >= 0.6 is 12.6 Å². The fourth-order valence-corrected chi connectivity index (χ4v) is 6.75. The van der Waals surface area contributed by atoms with E-state index in [1.165, 1.54) is 96.3 Å². The van der Waals surface area contributed by atoms with E-state index in [9.17, 15) is 4.79 Å². The van der Waals surface area contributed by atoms with E-state index in [0.717, 1.165) is 50.4 Å². The predicted molar refractivity (Wildman–Crippen MR) is 130 cm³/mol. The van der Waals surface area contributed by atoms with Crippen molar-refractivity contribution in [3.8, 4) is 0 Å². The molecule has 0 amide bonds. The first-order chi connectivity index (χ1) is 14.7. The van der Waals surface area contributed by atoms with Crippen molar-refractivity contribution in [2.24, 2.45) is 17.8 Å². The third-order valence-electron chi connectivity index (χ3n) is 8.31. The summed E-state index contributed by atoms with van der Waals surface area (Å²) in [5.74, 6) is 2.17. The van der Waals surface area contributed by atoms with E-state index < -0.39 is 0 Å². The summed E-state index contributed by atoms with van der Waals surface area (Å²) in [4.78, 5) is 13.0. The molecule has 2 unspecified atom stereocenters. The molecule has 0 bridgehead atoms. The molecule has 0 spiro atoms. The summed E-state index contributed by atoms with van der Waals surface area (Å²) < 4.78 is 6.12. The number of rotatable bonds is 3. The molecule has 3 aliphatic rings. The third kappa shape index (κ3) is 8.75.